The van der Waals surface area contributed by atoms with Crippen LogP contribution in [0.5, 0.6) is 0 Å². The summed E-state index contributed by atoms with van der Waals surface area (Å²) >= 11 is 0. The first kappa shape index (κ1) is 9.92. The highest BCUT2D eigenvalue weighted by molar-refractivity contribution is 4.53. The lowest BCUT2D eigenvalue weighted by Crippen LogP contribution is -2.26. The van der Waals surface area contributed by atoms with E-state index in [-0.39, 0.29) is 0 Å². The van der Waals surface area contributed by atoms with Crippen LogP contribution in [0.15, 0.2) is 0 Å². The van der Waals surface area contributed by atoms with E-state index in [9.17, 15) is 0 Å². The normalized spacial score (nSPS) is 10.8. The zero-order valence-corrected chi connectivity index (χ0v) is 7.27. The van der Waals surface area contributed by atoms with Gasteiger partial charge in [0.2, 0.25) is 0 Å². The van der Waals surface area contributed by atoms with Gasteiger partial charge in [-0.1, -0.05) is 13.8 Å². The number of hydrogen-bond acceptors (Lipinski definition) is 2. The molecule has 10 heavy (non-hydrogen) atoms. The minimum Gasteiger partial charge on any atom is -0.330 e. The second kappa shape index (κ2) is 7.03. The molecule has 0 fully saturated rings. The predicted molar refractivity (Wildman–Crippen MR) is 46.1 cm³/mol. The molecule has 0 bridgehead atoms. The summed E-state index contributed by atoms with van der Waals surface area (Å²) in [6, 6.07) is 0. The third-order valence-electron chi connectivity index (χ3n) is 1.67. The van der Waals surface area contributed by atoms with Crippen LogP contribution in [0.4, 0.5) is 0 Å². The number of nitrogens with two attached hydrogens (primary N) is 1. The van der Waals surface area contributed by atoms with Crippen molar-refractivity contribution < 1.29 is 0 Å². The van der Waals surface area contributed by atoms with Gasteiger partial charge < -0.3 is 10.6 Å². The minimum absolute atomic E-state index is 0.820. The zero-order chi connectivity index (χ0) is 7.82. The van der Waals surface area contributed by atoms with Crippen molar-refractivity contribution in [2.45, 2.75) is 26.7 Å². The van der Waals surface area contributed by atoms with Crippen molar-refractivity contribution in [2.75, 3.05) is 26.2 Å². The van der Waals surface area contributed by atoms with Gasteiger partial charge in [0.05, 0.1) is 0 Å². The molecule has 0 heterocycles. The van der Waals surface area contributed by atoms with Gasteiger partial charge in [-0.05, 0) is 39.0 Å². The molecule has 0 aromatic carbocycles. The molecule has 0 aliphatic heterocycles. The lowest BCUT2D eigenvalue weighted by Gasteiger charge is -2.18. The molecule has 0 aliphatic rings. The average molecular weight is 144 g/mol. The minimum atomic E-state index is 0.820. The molecular weight excluding hydrogens is 124 g/mol. The Kier molecular flexibility index (Phi) is 6.98. The van der Waals surface area contributed by atoms with Crippen LogP contribution in [0.3, 0.4) is 0 Å². The molecule has 0 rings (SSSR count). The van der Waals surface area contributed by atoms with Gasteiger partial charge in [-0.3, -0.25) is 0 Å². The van der Waals surface area contributed by atoms with Crippen LogP contribution >= 0.6 is 0 Å². The predicted octanol–water partition coefficient (Wildman–Crippen LogP) is 1.07. The standard InChI is InChI=1S/C8H20N2/c1-3-7-10(4-2)8-5-6-9/h3-9H2,1-2H3. The summed E-state index contributed by atoms with van der Waals surface area (Å²) in [6.07, 6.45) is 2.38. The van der Waals surface area contributed by atoms with Crippen molar-refractivity contribution >= 4 is 0 Å². The molecule has 0 atom stereocenters. The molecule has 0 aromatic heterocycles. The first-order valence-electron chi connectivity index (χ1n) is 4.27. The van der Waals surface area contributed by atoms with Crippen LogP contribution in [0.1, 0.15) is 26.7 Å². The number of nitrogens with zero attached hydrogens (tertiary/aromatic N) is 1. The van der Waals surface area contributed by atoms with Crippen molar-refractivity contribution in [3.63, 3.8) is 0 Å². The maximum Gasteiger partial charge on any atom is -0.000684 e. The molecule has 2 heteroatoms. The van der Waals surface area contributed by atoms with E-state index < -0.39 is 0 Å². The van der Waals surface area contributed by atoms with Crippen molar-refractivity contribution in [2.24, 2.45) is 5.73 Å². The van der Waals surface area contributed by atoms with E-state index >= 15 is 0 Å². The van der Waals surface area contributed by atoms with E-state index in [0.29, 0.717) is 0 Å². The molecule has 0 amide bonds. The number of rotatable bonds is 6. The first-order valence-corrected chi connectivity index (χ1v) is 4.27. The lowest BCUT2D eigenvalue weighted by atomic mass is 10.3. The molecule has 0 aliphatic carbocycles. The molecule has 0 unspecified atom stereocenters. The van der Waals surface area contributed by atoms with Crippen molar-refractivity contribution in [3.05, 3.63) is 0 Å². The molecule has 0 saturated heterocycles. The Hall–Kier alpha value is -0.0800. The maximum atomic E-state index is 5.40. The summed E-state index contributed by atoms with van der Waals surface area (Å²) in [5, 5.41) is 0. The summed E-state index contributed by atoms with van der Waals surface area (Å²) in [4.78, 5) is 2.44. The third-order valence-corrected chi connectivity index (χ3v) is 1.67. The van der Waals surface area contributed by atoms with E-state index in [1.807, 2.05) is 0 Å². The fourth-order valence-electron chi connectivity index (χ4n) is 1.06. The van der Waals surface area contributed by atoms with Crippen LogP contribution in [0.2, 0.25) is 0 Å². The van der Waals surface area contributed by atoms with Crippen molar-refractivity contribution in [1.29, 1.82) is 0 Å². The highest BCUT2D eigenvalue weighted by atomic mass is 15.1. The topological polar surface area (TPSA) is 29.3 Å². The highest BCUT2D eigenvalue weighted by Crippen LogP contribution is 1.91. The van der Waals surface area contributed by atoms with Crippen molar-refractivity contribution in [3.8, 4) is 0 Å². The summed E-state index contributed by atoms with van der Waals surface area (Å²) in [5.41, 5.74) is 5.40. The quantitative estimate of drug-likeness (QED) is 0.604. The van der Waals surface area contributed by atoms with E-state index in [1.165, 1.54) is 19.5 Å². The first-order chi connectivity index (χ1) is 4.85. The van der Waals surface area contributed by atoms with Crippen LogP contribution in [0, 0.1) is 0 Å². The lowest BCUT2D eigenvalue weighted by molar-refractivity contribution is 0.287. The SMILES string of the molecule is CCCN(CC)CCCN. The van der Waals surface area contributed by atoms with Gasteiger partial charge in [0.1, 0.15) is 0 Å². The summed E-state index contributed by atoms with van der Waals surface area (Å²) in [6.45, 7) is 8.78. The highest BCUT2D eigenvalue weighted by Gasteiger charge is 1.97. The third kappa shape index (κ3) is 4.77. The molecular formula is C8H20N2. The van der Waals surface area contributed by atoms with E-state index in [2.05, 4.69) is 18.7 Å². The summed E-state index contributed by atoms with van der Waals surface area (Å²) < 4.78 is 0. The number of hydrogen-bond donors (Lipinski definition) is 1. The van der Waals surface area contributed by atoms with Crippen molar-refractivity contribution in [1.82, 2.24) is 4.90 Å². The van der Waals surface area contributed by atoms with E-state index in [0.717, 1.165) is 19.5 Å². The summed E-state index contributed by atoms with van der Waals surface area (Å²) in [5.74, 6) is 0. The van der Waals surface area contributed by atoms with Gasteiger partial charge in [0.15, 0.2) is 0 Å². The monoisotopic (exact) mass is 144 g/mol. The Morgan fingerprint density at radius 1 is 1.20 bits per heavy atom. The zero-order valence-electron chi connectivity index (χ0n) is 7.27. The molecule has 2 nitrogen and oxygen atoms in total. The van der Waals surface area contributed by atoms with Gasteiger partial charge in [-0.25, -0.2) is 0 Å². The molecule has 0 spiro atoms. The van der Waals surface area contributed by atoms with Gasteiger partial charge in [-0.2, -0.15) is 0 Å². The molecule has 2 N–H and O–H groups in total. The Bertz CT molecular complexity index is 64.3. The Morgan fingerprint density at radius 3 is 2.30 bits per heavy atom. The average Bonchev–Trinajstić information content (AvgIpc) is 1.98. The van der Waals surface area contributed by atoms with Gasteiger partial charge in [-0.15, -0.1) is 0 Å². The van der Waals surface area contributed by atoms with Crippen LogP contribution in [0.25, 0.3) is 0 Å². The van der Waals surface area contributed by atoms with E-state index in [1.54, 1.807) is 0 Å². The Labute approximate surface area is 64.4 Å². The van der Waals surface area contributed by atoms with Crippen LogP contribution < -0.4 is 5.73 Å². The Morgan fingerprint density at radius 2 is 1.90 bits per heavy atom. The second-order valence-electron chi connectivity index (χ2n) is 2.58. The molecule has 0 aromatic rings. The largest absolute Gasteiger partial charge is 0.330 e. The summed E-state index contributed by atoms with van der Waals surface area (Å²) in [7, 11) is 0. The van der Waals surface area contributed by atoms with Gasteiger partial charge >= 0.3 is 0 Å². The smallest absolute Gasteiger partial charge is 0.000684 e. The molecule has 0 saturated carbocycles. The fourth-order valence-corrected chi connectivity index (χ4v) is 1.06. The van der Waals surface area contributed by atoms with E-state index in [4.69, 9.17) is 5.73 Å². The Balaban J connectivity index is 3.21. The van der Waals surface area contributed by atoms with Gasteiger partial charge in [0, 0.05) is 0 Å². The molecule has 0 radical (unpaired) electrons. The molecule has 62 valence electrons. The van der Waals surface area contributed by atoms with Crippen LogP contribution in [-0.4, -0.2) is 31.1 Å². The van der Waals surface area contributed by atoms with Crippen LogP contribution in [-0.2, 0) is 0 Å². The second-order valence-corrected chi connectivity index (χ2v) is 2.58. The maximum absolute atomic E-state index is 5.40. The fraction of sp³-hybridized carbons (Fsp3) is 1.00. The van der Waals surface area contributed by atoms with Gasteiger partial charge in [0.25, 0.3) is 0 Å².